The van der Waals surface area contributed by atoms with Crippen molar-refractivity contribution >= 4 is 28.8 Å². The lowest BCUT2D eigenvalue weighted by Gasteiger charge is -2.06. The van der Waals surface area contributed by atoms with Crippen LogP contribution in [0.3, 0.4) is 0 Å². The van der Waals surface area contributed by atoms with Gasteiger partial charge < -0.3 is 10.6 Å². The third kappa shape index (κ3) is 5.70. The zero-order valence-corrected chi connectivity index (χ0v) is 20.0. The van der Waals surface area contributed by atoms with Crippen molar-refractivity contribution in [1.82, 2.24) is 25.1 Å². The average molecular weight is 495 g/mol. The van der Waals surface area contributed by atoms with Crippen LogP contribution in [0, 0.1) is 0 Å². The molecule has 0 fully saturated rings. The van der Waals surface area contributed by atoms with Gasteiger partial charge in [0.25, 0.3) is 11.8 Å². The lowest BCUT2D eigenvalue weighted by Crippen LogP contribution is -2.23. The van der Waals surface area contributed by atoms with Crippen molar-refractivity contribution in [2.75, 3.05) is 5.32 Å². The number of aromatic nitrogens is 4. The number of nitrogens with zero attached hydrogens (tertiary/aromatic N) is 4. The van der Waals surface area contributed by atoms with Crippen molar-refractivity contribution < 1.29 is 9.59 Å². The molecule has 36 heavy (non-hydrogen) atoms. The summed E-state index contributed by atoms with van der Waals surface area (Å²) in [6, 6.07) is 20.7. The average Bonchev–Trinajstić information content (AvgIpc) is 3.58. The molecule has 5 aromatic rings. The molecule has 0 aliphatic heterocycles. The number of benzene rings is 2. The Labute approximate surface area is 211 Å². The lowest BCUT2D eigenvalue weighted by molar-refractivity contribution is 0.0949. The van der Waals surface area contributed by atoms with E-state index in [1.165, 1.54) is 11.8 Å². The maximum atomic E-state index is 12.6. The third-order valence-electron chi connectivity index (χ3n) is 5.39. The van der Waals surface area contributed by atoms with Crippen LogP contribution in [-0.4, -0.2) is 31.6 Å². The summed E-state index contributed by atoms with van der Waals surface area (Å²) in [4.78, 5) is 33.5. The molecule has 2 N–H and O–H groups in total. The first-order chi connectivity index (χ1) is 17.6. The predicted octanol–water partition coefficient (Wildman–Crippen LogP) is 4.50. The zero-order chi connectivity index (χ0) is 24.7. The Morgan fingerprint density at radius 2 is 1.72 bits per heavy atom. The van der Waals surface area contributed by atoms with E-state index in [0.29, 0.717) is 23.4 Å². The molecule has 0 aliphatic rings. The van der Waals surface area contributed by atoms with Gasteiger partial charge in [-0.3, -0.25) is 14.6 Å². The van der Waals surface area contributed by atoms with Crippen LogP contribution < -0.4 is 10.6 Å². The number of hydrogen-bond acceptors (Lipinski definition) is 6. The van der Waals surface area contributed by atoms with Gasteiger partial charge in [0.05, 0.1) is 46.6 Å². The van der Waals surface area contributed by atoms with Gasteiger partial charge in [0.1, 0.15) is 0 Å². The van der Waals surface area contributed by atoms with Gasteiger partial charge in [0, 0.05) is 29.8 Å². The van der Waals surface area contributed by atoms with E-state index >= 15 is 0 Å². The summed E-state index contributed by atoms with van der Waals surface area (Å²) in [6.07, 6.45) is 7.17. The Morgan fingerprint density at radius 3 is 2.50 bits per heavy atom. The largest absolute Gasteiger partial charge is 0.346 e. The number of rotatable bonds is 8. The van der Waals surface area contributed by atoms with Gasteiger partial charge in [0.2, 0.25) is 0 Å². The summed E-state index contributed by atoms with van der Waals surface area (Å²) in [5.74, 6) is -0.439. The molecular weight excluding hydrogens is 472 g/mol. The summed E-state index contributed by atoms with van der Waals surface area (Å²) in [5.41, 5.74) is 4.37. The van der Waals surface area contributed by atoms with Gasteiger partial charge in [-0.25, -0.2) is 9.67 Å². The third-order valence-corrected chi connectivity index (χ3v) is 6.28. The fourth-order valence-corrected chi connectivity index (χ4v) is 4.38. The minimum absolute atomic E-state index is 0.177. The van der Waals surface area contributed by atoms with E-state index in [4.69, 9.17) is 0 Å². The number of carbonyl (C=O) groups excluding carboxylic acids is 2. The minimum atomic E-state index is -0.262. The topological polar surface area (TPSA) is 102 Å². The van der Waals surface area contributed by atoms with E-state index in [9.17, 15) is 9.59 Å². The highest BCUT2D eigenvalue weighted by atomic mass is 32.1. The first-order valence-electron chi connectivity index (χ1n) is 11.3. The molecule has 0 atom stereocenters. The second kappa shape index (κ2) is 10.7. The number of amides is 2. The Morgan fingerprint density at radius 1 is 0.889 bits per heavy atom. The van der Waals surface area contributed by atoms with Crippen LogP contribution in [0.5, 0.6) is 0 Å². The van der Waals surface area contributed by atoms with Gasteiger partial charge in [0.15, 0.2) is 0 Å². The van der Waals surface area contributed by atoms with Gasteiger partial charge >= 0.3 is 0 Å². The number of nitrogens with one attached hydrogen (secondary N) is 2. The molecule has 5 rings (SSSR count). The first kappa shape index (κ1) is 23.1. The molecular formula is C27H22N6O2S. The molecule has 0 aliphatic carbocycles. The maximum Gasteiger partial charge on any atom is 0.257 e. The summed E-state index contributed by atoms with van der Waals surface area (Å²) >= 11 is 1.59. The molecule has 8 nitrogen and oxygen atoms in total. The van der Waals surface area contributed by atoms with E-state index in [-0.39, 0.29) is 11.8 Å². The second-order valence-electron chi connectivity index (χ2n) is 7.99. The van der Waals surface area contributed by atoms with Crippen molar-refractivity contribution in [2.24, 2.45) is 0 Å². The molecule has 2 aromatic carbocycles. The molecule has 2 amide bonds. The number of carbonyl (C=O) groups is 2. The van der Waals surface area contributed by atoms with Crippen molar-refractivity contribution in [3.05, 3.63) is 124 Å². The Kier molecular flexibility index (Phi) is 6.90. The molecule has 3 aromatic heterocycles. The van der Waals surface area contributed by atoms with Crippen LogP contribution in [0.4, 0.5) is 5.69 Å². The van der Waals surface area contributed by atoms with E-state index < -0.39 is 0 Å². The first-order valence-corrected chi connectivity index (χ1v) is 12.1. The van der Waals surface area contributed by atoms with Crippen LogP contribution >= 0.6 is 11.3 Å². The van der Waals surface area contributed by atoms with Crippen LogP contribution in [0.15, 0.2) is 96.9 Å². The second-order valence-corrected chi connectivity index (χ2v) is 8.94. The SMILES string of the molecule is O=C(NCc1csc(Cc2ccccc2)n1)c1ccc(-n2cc(NC(=O)c3cccnc3)cn2)cc1. The van der Waals surface area contributed by atoms with Crippen molar-refractivity contribution in [3.63, 3.8) is 0 Å². The Hall–Kier alpha value is -4.63. The van der Waals surface area contributed by atoms with E-state index in [1.54, 1.807) is 71.0 Å². The summed E-state index contributed by atoms with van der Waals surface area (Å²) in [6.45, 7) is 0.366. The van der Waals surface area contributed by atoms with Gasteiger partial charge in [-0.1, -0.05) is 30.3 Å². The maximum absolute atomic E-state index is 12.6. The van der Waals surface area contributed by atoms with Crippen molar-refractivity contribution in [2.45, 2.75) is 13.0 Å². The van der Waals surface area contributed by atoms with Crippen LogP contribution in [0.2, 0.25) is 0 Å². The molecule has 9 heteroatoms. The predicted molar refractivity (Wildman–Crippen MR) is 138 cm³/mol. The summed E-state index contributed by atoms with van der Waals surface area (Å²) in [7, 11) is 0. The molecule has 0 saturated heterocycles. The molecule has 0 spiro atoms. The summed E-state index contributed by atoms with van der Waals surface area (Å²) < 4.78 is 1.63. The number of hydrogen-bond donors (Lipinski definition) is 2. The molecule has 0 bridgehead atoms. The van der Waals surface area contributed by atoms with Gasteiger partial charge in [-0.2, -0.15) is 5.10 Å². The smallest absolute Gasteiger partial charge is 0.257 e. The fourth-order valence-electron chi connectivity index (χ4n) is 3.55. The van der Waals surface area contributed by atoms with E-state index in [0.717, 1.165) is 22.8 Å². The highest BCUT2D eigenvalue weighted by molar-refractivity contribution is 7.09. The Balaban J connectivity index is 1.15. The quantitative estimate of drug-likeness (QED) is 0.331. The summed E-state index contributed by atoms with van der Waals surface area (Å²) in [5, 5.41) is 13.0. The number of thiazole rings is 1. The minimum Gasteiger partial charge on any atom is -0.346 e. The number of pyridine rings is 1. The standard InChI is InChI=1S/C27H22N6O2S/c34-26(29-15-23-18-36-25(31-23)13-19-5-2-1-3-6-19)20-8-10-24(11-9-20)33-17-22(16-30-33)32-27(35)21-7-4-12-28-14-21/h1-12,14,16-18H,13,15H2,(H,29,34)(H,32,35). The Bertz CT molecular complexity index is 1460. The molecule has 3 heterocycles. The van der Waals surface area contributed by atoms with Crippen LogP contribution in [-0.2, 0) is 13.0 Å². The number of anilines is 1. The normalized spacial score (nSPS) is 10.7. The van der Waals surface area contributed by atoms with E-state index in [1.807, 2.05) is 23.6 Å². The molecule has 0 saturated carbocycles. The van der Waals surface area contributed by atoms with Crippen molar-refractivity contribution in [3.8, 4) is 5.69 Å². The highest BCUT2D eigenvalue weighted by Crippen LogP contribution is 2.16. The highest BCUT2D eigenvalue weighted by Gasteiger charge is 2.10. The lowest BCUT2D eigenvalue weighted by atomic mass is 10.2. The fraction of sp³-hybridized carbons (Fsp3) is 0.0741. The zero-order valence-electron chi connectivity index (χ0n) is 19.2. The van der Waals surface area contributed by atoms with Gasteiger partial charge in [-0.05, 0) is 42.0 Å². The van der Waals surface area contributed by atoms with Crippen molar-refractivity contribution in [1.29, 1.82) is 0 Å². The van der Waals surface area contributed by atoms with E-state index in [2.05, 4.69) is 37.8 Å². The van der Waals surface area contributed by atoms with Gasteiger partial charge in [-0.15, -0.1) is 11.3 Å². The van der Waals surface area contributed by atoms with Crippen LogP contribution in [0.1, 0.15) is 37.0 Å². The molecule has 178 valence electrons. The molecule has 0 unspecified atom stereocenters. The van der Waals surface area contributed by atoms with Crippen LogP contribution in [0.25, 0.3) is 5.69 Å². The monoisotopic (exact) mass is 494 g/mol. The molecule has 0 radical (unpaired) electrons.